The monoisotopic (exact) mass is 201 g/mol. The minimum Gasteiger partial charge on any atom is -0.395 e. The van der Waals surface area contributed by atoms with Gasteiger partial charge in [0.1, 0.15) is 0 Å². The molecule has 4 heteroatoms. The van der Waals surface area contributed by atoms with Crippen LogP contribution < -0.4 is 5.73 Å². The lowest BCUT2D eigenvalue weighted by atomic mass is 10.3. The molecule has 0 aromatic heterocycles. The molecular weight excluding hydrogens is 178 g/mol. The van der Waals surface area contributed by atoms with E-state index in [1.54, 1.807) is 0 Å². The summed E-state index contributed by atoms with van der Waals surface area (Å²) in [7, 11) is 0. The molecule has 0 bridgehead atoms. The molecule has 0 aromatic carbocycles. The van der Waals surface area contributed by atoms with Crippen molar-refractivity contribution >= 4 is 0 Å². The third-order valence-electron chi connectivity index (χ3n) is 2.64. The Morgan fingerprint density at radius 1 is 1.21 bits per heavy atom. The maximum atomic E-state index is 8.85. The van der Waals surface area contributed by atoms with Crippen LogP contribution in [0.4, 0.5) is 0 Å². The van der Waals surface area contributed by atoms with E-state index in [-0.39, 0.29) is 12.6 Å². The first-order valence-electron chi connectivity index (χ1n) is 5.53. The fourth-order valence-corrected chi connectivity index (χ4v) is 1.98. The Kier molecular flexibility index (Phi) is 5.40. The van der Waals surface area contributed by atoms with Crippen molar-refractivity contribution in [2.45, 2.75) is 19.4 Å². The van der Waals surface area contributed by atoms with E-state index in [1.165, 1.54) is 6.42 Å². The van der Waals surface area contributed by atoms with Gasteiger partial charge in [-0.1, -0.05) is 0 Å². The topological polar surface area (TPSA) is 52.7 Å². The van der Waals surface area contributed by atoms with Crippen molar-refractivity contribution < 1.29 is 5.11 Å². The third-order valence-corrected chi connectivity index (χ3v) is 2.64. The maximum Gasteiger partial charge on any atom is 0.0558 e. The highest BCUT2D eigenvalue weighted by Crippen LogP contribution is 2.02. The van der Waals surface area contributed by atoms with E-state index in [0.29, 0.717) is 0 Å². The number of β-amino-alcohol motifs (C(OH)–C–C–N with tert-alkyl or cyclic N) is 1. The molecule has 0 spiro atoms. The SMILES string of the molecule is CC(N)CN1CCCN(CCO)CC1. The van der Waals surface area contributed by atoms with Crippen LogP contribution in [0.25, 0.3) is 0 Å². The number of nitrogens with two attached hydrogens (primary N) is 1. The van der Waals surface area contributed by atoms with Crippen molar-refractivity contribution in [1.82, 2.24) is 9.80 Å². The van der Waals surface area contributed by atoms with Crippen LogP contribution in [0.5, 0.6) is 0 Å². The van der Waals surface area contributed by atoms with E-state index in [4.69, 9.17) is 10.8 Å². The van der Waals surface area contributed by atoms with E-state index < -0.39 is 0 Å². The largest absolute Gasteiger partial charge is 0.395 e. The molecule has 0 saturated carbocycles. The Hall–Kier alpha value is -0.160. The molecule has 14 heavy (non-hydrogen) atoms. The first-order valence-corrected chi connectivity index (χ1v) is 5.53. The molecule has 0 radical (unpaired) electrons. The van der Waals surface area contributed by atoms with Gasteiger partial charge in [0.15, 0.2) is 0 Å². The van der Waals surface area contributed by atoms with E-state index >= 15 is 0 Å². The van der Waals surface area contributed by atoms with Gasteiger partial charge in [-0.15, -0.1) is 0 Å². The Bertz CT molecular complexity index is 152. The van der Waals surface area contributed by atoms with Gasteiger partial charge in [-0.05, 0) is 26.4 Å². The summed E-state index contributed by atoms with van der Waals surface area (Å²) in [6.45, 7) is 8.52. The van der Waals surface area contributed by atoms with Crippen LogP contribution in [0.2, 0.25) is 0 Å². The molecule has 4 nitrogen and oxygen atoms in total. The van der Waals surface area contributed by atoms with Gasteiger partial charge in [-0.2, -0.15) is 0 Å². The maximum absolute atomic E-state index is 8.85. The van der Waals surface area contributed by atoms with Gasteiger partial charge in [0.2, 0.25) is 0 Å². The van der Waals surface area contributed by atoms with E-state index in [0.717, 1.165) is 39.3 Å². The molecular formula is C10H23N3O. The smallest absolute Gasteiger partial charge is 0.0558 e. The minimum absolute atomic E-state index is 0.263. The number of aliphatic hydroxyl groups excluding tert-OH is 1. The zero-order valence-electron chi connectivity index (χ0n) is 9.15. The molecule has 1 saturated heterocycles. The van der Waals surface area contributed by atoms with Crippen molar-refractivity contribution in [3.8, 4) is 0 Å². The Morgan fingerprint density at radius 3 is 2.50 bits per heavy atom. The standard InChI is InChI=1S/C10H23N3O/c1-10(11)9-13-4-2-3-12(5-6-13)7-8-14/h10,14H,2-9,11H2,1H3. The second kappa shape index (κ2) is 6.35. The van der Waals surface area contributed by atoms with E-state index in [9.17, 15) is 0 Å². The highest BCUT2D eigenvalue weighted by Gasteiger charge is 2.14. The molecule has 84 valence electrons. The van der Waals surface area contributed by atoms with Gasteiger partial charge in [0, 0.05) is 32.2 Å². The normalized spacial score (nSPS) is 23.4. The van der Waals surface area contributed by atoms with Gasteiger partial charge < -0.3 is 15.7 Å². The van der Waals surface area contributed by atoms with Gasteiger partial charge in [0.05, 0.1) is 6.61 Å². The number of nitrogens with zero attached hydrogens (tertiary/aromatic N) is 2. The molecule has 1 aliphatic heterocycles. The predicted molar refractivity (Wildman–Crippen MR) is 58.2 cm³/mol. The van der Waals surface area contributed by atoms with Crippen LogP contribution in [0, 0.1) is 0 Å². The van der Waals surface area contributed by atoms with Crippen molar-refractivity contribution in [3.63, 3.8) is 0 Å². The average Bonchev–Trinajstić information content (AvgIpc) is 2.31. The first-order chi connectivity index (χ1) is 6.72. The highest BCUT2D eigenvalue weighted by molar-refractivity contribution is 4.71. The molecule has 1 atom stereocenters. The molecule has 1 aliphatic rings. The number of rotatable bonds is 4. The molecule has 0 aliphatic carbocycles. The summed E-state index contributed by atoms with van der Waals surface area (Å²) in [5, 5.41) is 8.85. The summed E-state index contributed by atoms with van der Waals surface area (Å²) in [6, 6.07) is 0.263. The zero-order valence-corrected chi connectivity index (χ0v) is 9.15. The second-order valence-electron chi connectivity index (χ2n) is 4.20. The molecule has 3 N–H and O–H groups in total. The molecule has 1 rings (SSSR count). The molecule has 1 unspecified atom stereocenters. The van der Waals surface area contributed by atoms with Crippen molar-refractivity contribution in [2.24, 2.45) is 5.73 Å². The minimum atomic E-state index is 0.263. The first kappa shape index (κ1) is 11.9. The molecule has 0 amide bonds. The number of hydrogen-bond donors (Lipinski definition) is 2. The summed E-state index contributed by atoms with van der Waals surface area (Å²) in [4.78, 5) is 4.74. The van der Waals surface area contributed by atoms with Crippen molar-refractivity contribution in [1.29, 1.82) is 0 Å². The fourth-order valence-electron chi connectivity index (χ4n) is 1.98. The lowest BCUT2D eigenvalue weighted by Gasteiger charge is -2.22. The summed E-state index contributed by atoms with van der Waals surface area (Å²) in [5.41, 5.74) is 5.77. The number of hydrogen-bond acceptors (Lipinski definition) is 4. The van der Waals surface area contributed by atoms with Crippen LogP contribution in [0.15, 0.2) is 0 Å². The average molecular weight is 201 g/mol. The Balaban J connectivity index is 2.25. The summed E-state index contributed by atoms with van der Waals surface area (Å²) < 4.78 is 0. The van der Waals surface area contributed by atoms with Crippen LogP contribution in [0.1, 0.15) is 13.3 Å². The van der Waals surface area contributed by atoms with Crippen molar-refractivity contribution in [3.05, 3.63) is 0 Å². The molecule has 1 heterocycles. The van der Waals surface area contributed by atoms with Crippen LogP contribution >= 0.6 is 0 Å². The van der Waals surface area contributed by atoms with Gasteiger partial charge in [-0.25, -0.2) is 0 Å². The van der Waals surface area contributed by atoms with Gasteiger partial charge >= 0.3 is 0 Å². The fraction of sp³-hybridized carbons (Fsp3) is 1.00. The highest BCUT2D eigenvalue weighted by atomic mass is 16.3. The van der Waals surface area contributed by atoms with Crippen molar-refractivity contribution in [2.75, 3.05) is 45.9 Å². The van der Waals surface area contributed by atoms with Crippen LogP contribution in [-0.2, 0) is 0 Å². The lowest BCUT2D eigenvalue weighted by Crippen LogP contribution is -2.38. The Morgan fingerprint density at radius 2 is 1.86 bits per heavy atom. The Labute approximate surface area is 86.7 Å². The third kappa shape index (κ3) is 4.37. The zero-order chi connectivity index (χ0) is 10.4. The number of aliphatic hydroxyl groups is 1. The lowest BCUT2D eigenvalue weighted by molar-refractivity contribution is 0.196. The van der Waals surface area contributed by atoms with Gasteiger partial charge in [0.25, 0.3) is 0 Å². The quantitative estimate of drug-likeness (QED) is 0.634. The predicted octanol–water partition coefficient (Wildman–Crippen LogP) is -0.666. The van der Waals surface area contributed by atoms with E-state index in [2.05, 4.69) is 16.7 Å². The summed E-state index contributed by atoms with van der Waals surface area (Å²) in [6.07, 6.45) is 1.19. The van der Waals surface area contributed by atoms with Gasteiger partial charge in [-0.3, -0.25) is 4.90 Å². The van der Waals surface area contributed by atoms with Crippen LogP contribution in [-0.4, -0.2) is 66.8 Å². The molecule has 1 fully saturated rings. The second-order valence-corrected chi connectivity index (χ2v) is 4.20. The summed E-state index contributed by atoms with van der Waals surface area (Å²) >= 11 is 0. The van der Waals surface area contributed by atoms with E-state index in [1.807, 2.05) is 0 Å². The van der Waals surface area contributed by atoms with Crippen LogP contribution in [0.3, 0.4) is 0 Å². The molecule has 0 aromatic rings. The summed E-state index contributed by atoms with van der Waals surface area (Å²) in [5.74, 6) is 0.